The Labute approximate surface area is 127 Å². The summed E-state index contributed by atoms with van der Waals surface area (Å²) in [5, 5.41) is -0.412. The van der Waals surface area contributed by atoms with Gasteiger partial charge in [-0.3, -0.25) is 0 Å². The number of hydrogen-bond donors (Lipinski definition) is 0. The van der Waals surface area contributed by atoms with Gasteiger partial charge in [-0.25, -0.2) is 12.7 Å². The van der Waals surface area contributed by atoms with Crippen molar-refractivity contribution in [2.75, 3.05) is 38.7 Å². The van der Waals surface area contributed by atoms with E-state index in [1.54, 1.807) is 7.05 Å². The van der Waals surface area contributed by atoms with E-state index in [1.165, 1.54) is 4.31 Å². The van der Waals surface area contributed by atoms with Crippen molar-refractivity contribution in [1.82, 2.24) is 4.31 Å². The molecule has 0 aromatic heterocycles. The number of para-hydroxylation sites is 1. The molecule has 1 aliphatic rings. The van der Waals surface area contributed by atoms with Gasteiger partial charge in [0.1, 0.15) is 5.25 Å². The SMILES string of the molecule is C[C@H]1OCC[C@@H]1S(=O)(=O)N(C)CCN(C)c1ccccc1. The van der Waals surface area contributed by atoms with E-state index in [0.29, 0.717) is 26.1 Å². The van der Waals surface area contributed by atoms with Gasteiger partial charge in [-0.05, 0) is 25.5 Å². The highest BCUT2D eigenvalue weighted by Crippen LogP contribution is 2.23. The third-order valence-electron chi connectivity index (χ3n) is 4.07. The average Bonchev–Trinajstić information content (AvgIpc) is 2.92. The fourth-order valence-electron chi connectivity index (χ4n) is 2.56. The zero-order chi connectivity index (χ0) is 15.5. The van der Waals surface area contributed by atoms with Gasteiger partial charge in [-0.15, -0.1) is 0 Å². The summed E-state index contributed by atoms with van der Waals surface area (Å²) in [4.78, 5) is 2.06. The zero-order valence-corrected chi connectivity index (χ0v) is 13.7. The molecule has 0 saturated carbocycles. The summed E-state index contributed by atoms with van der Waals surface area (Å²) in [6.45, 7) is 3.49. The van der Waals surface area contributed by atoms with Crippen LogP contribution in [0.3, 0.4) is 0 Å². The second kappa shape index (κ2) is 6.77. The van der Waals surface area contributed by atoms with E-state index in [-0.39, 0.29) is 6.10 Å². The third-order valence-corrected chi connectivity index (χ3v) is 6.51. The number of sulfonamides is 1. The minimum absolute atomic E-state index is 0.218. The molecule has 1 aromatic rings. The summed E-state index contributed by atoms with van der Waals surface area (Å²) >= 11 is 0. The van der Waals surface area contributed by atoms with Crippen LogP contribution in [-0.4, -0.2) is 57.9 Å². The summed E-state index contributed by atoms with van der Waals surface area (Å²) in [7, 11) is 0.337. The molecule has 0 bridgehead atoms. The first kappa shape index (κ1) is 16.3. The lowest BCUT2D eigenvalue weighted by molar-refractivity contribution is 0.125. The summed E-state index contributed by atoms with van der Waals surface area (Å²) in [5.74, 6) is 0. The van der Waals surface area contributed by atoms with Crippen molar-refractivity contribution < 1.29 is 13.2 Å². The second-order valence-electron chi connectivity index (χ2n) is 5.53. The average molecular weight is 312 g/mol. The van der Waals surface area contributed by atoms with Crippen LogP contribution in [-0.2, 0) is 14.8 Å². The molecule has 1 heterocycles. The molecule has 0 spiro atoms. The first-order valence-electron chi connectivity index (χ1n) is 7.26. The maximum atomic E-state index is 12.5. The lowest BCUT2D eigenvalue weighted by Gasteiger charge is -2.26. The molecule has 2 atom stereocenters. The van der Waals surface area contributed by atoms with Crippen molar-refractivity contribution in [3.63, 3.8) is 0 Å². The van der Waals surface area contributed by atoms with Crippen LogP contribution in [0.5, 0.6) is 0 Å². The quantitative estimate of drug-likeness (QED) is 0.800. The second-order valence-corrected chi connectivity index (χ2v) is 7.79. The van der Waals surface area contributed by atoms with E-state index >= 15 is 0 Å². The number of anilines is 1. The molecule has 118 valence electrons. The van der Waals surface area contributed by atoms with Crippen molar-refractivity contribution in [3.8, 4) is 0 Å². The van der Waals surface area contributed by atoms with Crippen LogP contribution in [0, 0.1) is 0 Å². The van der Waals surface area contributed by atoms with Crippen molar-refractivity contribution in [2.45, 2.75) is 24.7 Å². The van der Waals surface area contributed by atoms with Gasteiger partial charge in [0, 0.05) is 39.5 Å². The predicted octanol–water partition coefficient (Wildman–Crippen LogP) is 1.56. The highest BCUT2D eigenvalue weighted by Gasteiger charge is 2.38. The Hall–Kier alpha value is -1.11. The Balaban J connectivity index is 1.93. The molecule has 6 heteroatoms. The van der Waals surface area contributed by atoms with E-state index in [1.807, 2.05) is 44.3 Å². The Morgan fingerprint density at radius 1 is 1.19 bits per heavy atom. The Morgan fingerprint density at radius 2 is 1.86 bits per heavy atom. The molecule has 0 aliphatic carbocycles. The number of benzene rings is 1. The first-order valence-corrected chi connectivity index (χ1v) is 8.76. The van der Waals surface area contributed by atoms with E-state index in [4.69, 9.17) is 4.74 Å². The molecular formula is C15H24N2O3S. The monoisotopic (exact) mass is 312 g/mol. The smallest absolute Gasteiger partial charge is 0.219 e. The van der Waals surface area contributed by atoms with Gasteiger partial charge in [-0.2, -0.15) is 0 Å². The number of ether oxygens (including phenoxy) is 1. The Kier molecular flexibility index (Phi) is 5.24. The van der Waals surface area contributed by atoms with Gasteiger partial charge in [0.25, 0.3) is 0 Å². The molecule has 2 rings (SSSR count). The maximum absolute atomic E-state index is 12.5. The number of nitrogens with zero attached hydrogens (tertiary/aromatic N) is 2. The topological polar surface area (TPSA) is 49.9 Å². The molecule has 0 radical (unpaired) electrons. The summed E-state index contributed by atoms with van der Waals surface area (Å²) in [6.07, 6.45) is 0.367. The molecule has 0 amide bonds. The van der Waals surface area contributed by atoms with Crippen LogP contribution < -0.4 is 4.90 Å². The predicted molar refractivity (Wildman–Crippen MR) is 85.1 cm³/mol. The molecular weight excluding hydrogens is 288 g/mol. The Bertz CT molecular complexity index is 547. The molecule has 1 aliphatic heterocycles. The fraction of sp³-hybridized carbons (Fsp3) is 0.600. The van der Waals surface area contributed by atoms with Crippen LogP contribution in [0.1, 0.15) is 13.3 Å². The minimum atomic E-state index is -3.28. The highest BCUT2D eigenvalue weighted by molar-refractivity contribution is 7.89. The van der Waals surface area contributed by atoms with Crippen molar-refractivity contribution >= 4 is 15.7 Å². The summed E-state index contributed by atoms with van der Waals surface area (Å²) in [5.41, 5.74) is 1.08. The standard InChI is InChI=1S/C15H24N2O3S/c1-13-15(9-12-20-13)21(18,19)17(3)11-10-16(2)14-7-5-4-6-8-14/h4-8,13,15H,9-12H2,1-3H3/t13-,15+/m1/s1. The highest BCUT2D eigenvalue weighted by atomic mass is 32.2. The first-order chi connectivity index (χ1) is 9.93. The van der Waals surface area contributed by atoms with Crippen LogP contribution >= 0.6 is 0 Å². The molecule has 21 heavy (non-hydrogen) atoms. The Morgan fingerprint density at radius 3 is 2.43 bits per heavy atom. The normalized spacial score (nSPS) is 22.7. The molecule has 5 nitrogen and oxygen atoms in total. The van der Waals surface area contributed by atoms with Crippen LogP contribution in [0.2, 0.25) is 0 Å². The van der Waals surface area contributed by atoms with Gasteiger partial charge in [-0.1, -0.05) is 18.2 Å². The van der Waals surface area contributed by atoms with Gasteiger partial charge >= 0.3 is 0 Å². The van der Waals surface area contributed by atoms with E-state index < -0.39 is 15.3 Å². The van der Waals surface area contributed by atoms with E-state index in [0.717, 1.165) is 5.69 Å². The fourth-order valence-corrected chi connectivity index (χ4v) is 4.32. The minimum Gasteiger partial charge on any atom is -0.377 e. The van der Waals surface area contributed by atoms with Crippen molar-refractivity contribution in [2.24, 2.45) is 0 Å². The summed E-state index contributed by atoms with van der Waals surface area (Å²) in [6, 6.07) is 9.95. The van der Waals surface area contributed by atoms with Gasteiger partial charge in [0.2, 0.25) is 10.0 Å². The molecule has 1 saturated heterocycles. The molecule has 0 unspecified atom stereocenters. The number of likely N-dealkylation sites (N-methyl/N-ethyl adjacent to an activating group) is 2. The largest absolute Gasteiger partial charge is 0.377 e. The van der Waals surface area contributed by atoms with Gasteiger partial charge in [0.05, 0.1) is 6.10 Å². The van der Waals surface area contributed by atoms with E-state index in [2.05, 4.69) is 4.90 Å². The van der Waals surface area contributed by atoms with Crippen molar-refractivity contribution in [1.29, 1.82) is 0 Å². The van der Waals surface area contributed by atoms with Crippen LogP contribution in [0.25, 0.3) is 0 Å². The maximum Gasteiger partial charge on any atom is 0.219 e. The lowest BCUT2D eigenvalue weighted by Crippen LogP contribution is -2.42. The van der Waals surface area contributed by atoms with Crippen LogP contribution in [0.4, 0.5) is 5.69 Å². The summed E-state index contributed by atoms with van der Waals surface area (Å²) < 4.78 is 31.9. The van der Waals surface area contributed by atoms with Crippen LogP contribution in [0.15, 0.2) is 30.3 Å². The molecule has 1 aromatic carbocycles. The lowest BCUT2D eigenvalue weighted by atomic mass is 10.3. The van der Waals surface area contributed by atoms with Gasteiger partial charge in [0.15, 0.2) is 0 Å². The number of hydrogen-bond acceptors (Lipinski definition) is 4. The van der Waals surface area contributed by atoms with E-state index in [9.17, 15) is 8.42 Å². The molecule has 0 N–H and O–H groups in total. The number of rotatable bonds is 6. The zero-order valence-electron chi connectivity index (χ0n) is 12.9. The third kappa shape index (κ3) is 3.75. The van der Waals surface area contributed by atoms with Crippen molar-refractivity contribution in [3.05, 3.63) is 30.3 Å². The molecule has 1 fully saturated rings. The van der Waals surface area contributed by atoms with Gasteiger partial charge < -0.3 is 9.64 Å².